The first-order valence-electron chi connectivity index (χ1n) is 8.88. The molecule has 0 saturated carbocycles. The Morgan fingerprint density at radius 1 is 1.10 bits per heavy atom. The predicted molar refractivity (Wildman–Crippen MR) is 101 cm³/mol. The minimum atomic E-state index is -4.44. The van der Waals surface area contributed by atoms with E-state index in [1.54, 1.807) is 38.3 Å². The summed E-state index contributed by atoms with van der Waals surface area (Å²) in [5.74, 6) is -0.464. The summed E-state index contributed by atoms with van der Waals surface area (Å²) in [5.41, 5.74) is 1.36. The van der Waals surface area contributed by atoms with Crippen LogP contribution in [0.1, 0.15) is 34.1 Å². The van der Waals surface area contributed by atoms with E-state index in [9.17, 15) is 23.1 Å². The molecular formula is C21H19F3N2O3. The van der Waals surface area contributed by atoms with Crippen molar-refractivity contribution in [3.05, 3.63) is 70.9 Å². The van der Waals surface area contributed by atoms with Gasteiger partial charge in [-0.25, -0.2) is 4.79 Å². The first-order valence-corrected chi connectivity index (χ1v) is 8.88. The van der Waals surface area contributed by atoms with Gasteiger partial charge in [-0.1, -0.05) is 31.2 Å². The number of benzene rings is 2. The highest BCUT2D eigenvalue weighted by atomic mass is 19.4. The van der Waals surface area contributed by atoms with Gasteiger partial charge in [-0.05, 0) is 36.2 Å². The number of methoxy groups -OCH3 is 1. The molecule has 8 heteroatoms. The molecule has 0 radical (unpaired) electrons. The van der Waals surface area contributed by atoms with Crippen molar-refractivity contribution in [2.75, 3.05) is 7.11 Å². The van der Waals surface area contributed by atoms with E-state index in [1.807, 2.05) is 0 Å². The third-order valence-corrected chi connectivity index (χ3v) is 4.58. The number of carboxylic acids is 1. The zero-order chi connectivity index (χ0) is 21.2. The molecule has 0 aliphatic carbocycles. The number of nitrogens with zero attached hydrogens (tertiary/aromatic N) is 2. The van der Waals surface area contributed by atoms with Crippen molar-refractivity contribution in [2.45, 2.75) is 26.1 Å². The Balaban J connectivity index is 2.04. The van der Waals surface area contributed by atoms with E-state index in [0.29, 0.717) is 29.0 Å². The fourth-order valence-electron chi connectivity index (χ4n) is 3.14. The predicted octanol–water partition coefficient (Wildman–Crippen LogP) is 4.89. The maximum absolute atomic E-state index is 12.8. The lowest BCUT2D eigenvalue weighted by Gasteiger charge is -2.07. The van der Waals surface area contributed by atoms with Gasteiger partial charge in [0.1, 0.15) is 11.4 Å². The van der Waals surface area contributed by atoms with Crippen LogP contribution < -0.4 is 4.74 Å². The lowest BCUT2D eigenvalue weighted by molar-refractivity contribution is -0.137. The summed E-state index contributed by atoms with van der Waals surface area (Å²) in [7, 11) is 1.55. The van der Waals surface area contributed by atoms with Crippen molar-refractivity contribution in [1.29, 1.82) is 0 Å². The molecular weight excluding hydrogens is 385 g/mol. The number of hydrogen-bond donors (Lipinski definition) is 1. The average molecular weight is 404 g/mol. The molecule has 29 heavy (non-hydrogen) atoms. The van der Waals surface area contributed by atoms with Crippen LogP contribution in [0.5, 0.6) is 5.75 Å². The SMILES string of the molecule is CCc1c(-c2ccc(C(F)(F)F)cc2)nn(Cc2ccc(OC)cc2)c1C(=O)O. The molecule has 0 aliphatic heterocycles. The number of carboxylic acid groups (broad SMARTS) is 1. The van der Waals surface area contributed by atoms with Gasteiger partial charge in [0.05, 0.1) is 24.9 Å². The maximum Gasteiger partial charge on any atom is 0.416 e. The van der Waals surface area contributed by atoms with E-state index in [-0.39, 0.29) is 12.2 Å². The first kappa shape index (κ1) is 20.4. The number of ether oxygens (including phenoxy) is 1. The number of aromatic nitrogens is 2. The molecule has 0 unspecified atom stereocenters. The second kappa shape index (κ2) is 7.98. The van der Waals surface area contributed by atoms with E-state index in [4.69, 9.17) is 4.74 Å². The monoisotopic (exact) mass is 404 g/mol. The van der Waals surface area contributed by atoms with Crippen molar-refractivity contribution in [2.24, 2.45) is 0 Å². The standard InChI is InChI=1S/C21H19F3N2O3/c1-3-17-18(14-6-8-15(9-7-14)21(22,23)24)25-26(19(17)20(27)28)12-13-4-10-16(29-2)11-5-13/h4-11H,3,12H2,1-2H3,(H,27,28). The average Bonchev–Trinajstić information content (AvgIpc) is 3.06. The van der Waals surface area contributed by atoms with E-state index in [1.165, 1.54) is 16.8 Å². The molecule has 0 aliphatic rings. The van der Waals surface area contributed by atoms with Crippen molar-refractivity contribution < 1.29 is 27.8 Å². The van der Waals surface area contributed by atoms with Crippen LogP contribution in [0.15, 0.2) is 48.5 Å². The first-order chi connectivity index (χ1) is 13.7. The van der Waals surface area contributed by atoms with Crippen LogP contribution in [-0.4, -0.2) is 28.0 Å². The Morgan fingerprint density at radius 3 is 2.21 bits per heavy atom. The van der Waals surface area contributed by atoms with Crippen LogP contribution in [0, 0.1) is 0 Å². The van der Waals surface area contributed by atoms with Gasteiger partial charge in [0, 0.05) is 11.1 Å². The van der Waals surface area contributed by atoms with Gasteiger partial charge < -0.3 is 9.84 Å². The molecule has 0 atom stereocenters. The molecule has 0 fully saturated rings. The summed E-state index contributed by atoms with van der Waals surface area (Å²) in [4.78, 5) is 11.9. The molecule has 0 spiro atoms. The molecule has 0 saturated heterocycles. The Hall–Kier alpha value is -3.29. The summed E-state index contributed by atoms with van der Waals surface area (Å²) < 4.78 is 45.0. The third kappa shape index (κ3) is 4.26. The number of carbonyl (C=O) groups is 1. The Labute approximate surface area is 165 Å². The van der Waals surface area contributed by atoms with Gasteiger partial charge in [0.25, 0.3) is 0 Å². The van der Waals surface area contributed by atoms with Crippen molar-refractivity contribution in [3.8, 4) is 17.0 Å². The Bertz CT molecular complexity index is 1010. The highest BCUT2D eigenvalue weighted by molar-refractivity contribution is 5.90. The zero-order valence-electron chi connectivity index (χ0n) is 15.8. The quantitative estimate of drug-likeness (QED) is 0.636. The molecule has 3 rings (SSSR count). The van der Waals surface area contributed by atoms with Crippen LogP contribution in [0.2, 0.25) is 0 Å². The summed E-state index contributed by atoms with van der Waals surface area (Å²) >= 11 is 0. The zero-order valence-corrected chi connectivity index (χ0v) is 15.8. The fourth-order valence-corrected chi connectivity index (χ4v) is 3.14. The highest BCUT2D eigenvalue weighted by Gasteiger charge is 2.30. The van der Waals surface area contributed by atoms with Crippen LogP contribution in [-0.2, 0) is 19.1 Å². The van der Waals surface area contributed by atoms with Gasteiger partial charge in [0.2, 0.25) is 0 Å². The van der Waals surface area contributed by atoms with E-state index < -0.39 is 17.7 Å². The number of aromatic carboxylic acids is 1. The lowest BCUT2D eigenvalue weighted by Crippen LogP contribution is -2.12. The molecule has 152 valence electrons. The second-order valence-electron chi connectivity index (χ2n) is 6.42. The van der Waals surface area contributed by atoms with E-state index in [0.717, 1.165) is 17.7 Å². The summed E-state index contributed by atoms with van der Waals surface area (Å²) in [6, 6.07) is 11.7. The summed E-state index contributed by atoms with van der Waals surface area (Å²) in [6.45, 7) is 1.99. The number of rotatable bonds is 6. The maximum atomic E-state index is 12.8. The smallest absolute Gasteiger partial charge is 0.416 e. The van der Waals surface area contributed by atoms with Crippen molar-refractivity contribution in [3.63, 3.8) is 0 Å². The van der Waals surface area contributed by atoms with Crippen LogP contribution in [0.4, 0.5) is 13.2 Å². The second-order valence-corrected chi connectivity index (χ2v) is 6.42. The largest absolute Gasteiger partial charge is 0.497 e. The number of hydrogen-bond acceptors (Lipinski definition) is 3. The minimum absolute atomic E-state index is 0.0261. The molecule has 1 N–H and O–H groups in total. The van der Waals surface area contributed by atoms with E-state index >= 15 is 0 Å². The molecule has 1 heterocycles. The van der Waals surface area contributed by atoms with Crippen LogP contribution in [0.25, 0.3) is 11.3 Å². The number of alkyl halides is 3. The molecule has 0 amide bonds. The minimum Gasteiger partial charge on any atom is -0.497 e. The topological polar surface area (TPSA) is 64.4 Å². The molecule has 0 bridgehead atoms. The summed E-state index contributed by atoms with van der Waals surface area (Å²) in [5, 5.41) is 14.1. The van der Waals surface area contributed by atoms with Gasteiger partial charge >= 0.3 is 12.1 Å². The fraction of sp³-hybridized carbons (Fsp3) is 0.238. The Kier molecular flexibility index (Phi) is 5.63. The molecule has 1 aromatic heterocycles. The third-order valence-electron chi connectivity index (χ3n) is 4.58. The number of halogens is 3. The van der Waals surface area contributed by atoms with Crippen LogP contribution >= 0.6 is 0 Å². The Morgan fingerprint density at radius 2 is 1.72 bits per heavy atom. The highest BCUT2D eigenvalue weighted by Crippen LogP contribution is 2.32. The van der Waals surface area contributed by atoms with Crippen molar-refractivity contribution >= 4 is 5.97 Å². The molecule has 3 aromatic rings. The summed E-state index contributed by atoms with van der Waals surface area (Å²) in [6.07, 6.45) is -4.06. The normalized spacial score (nSPS) is 11.5. The van der Waals surface area contributed by atoms with Gasteiger partial charge in [-0.2, -0.15) is 18.3 Å². The van der Waals surface area contributed by atoms with Crippen LogP contribution in [0.3, 0.4) is 0 Å². The molecule has 2 aromatic carbocycles. The van der Waals surface area contributed by atoms with Gasteiger partial charge in [0.15, 0.2) is 0 Å². The lowest BCUT2D eigenvalue weighted by atomic mass is 10.0. The van der Waals surface area contributed by atoms with E-state index in [2.05, 4.69) is 5.10 Å². The molecule has 5 nitrogen and oxygen atoms in total. The van der Waals surface area contributed by atoms with Gasteiger partial charge in [-0.15, -0.1) is 0 Å². The van der Waals surface area contributed by atoms with Crippen molar-refractivity contribution in [1.82, 2.24) is 9.78 Å². The van der Waals surface area contributed by atoms with Gasteiger partial charge in [-0.3, -0.25) is 4.68 Å².